The quantitative estimate of drug-likeness (QED) is 0.304. The number of hydrogen-bond donors (Lipinski definition) is 2. The third kappa shape index (κ3) is 4.93. The molecule has 0 aromatic rings. The Morgan fingerprint density at radius 2 is 2.24 bits per heavy atom. The SMILES string of the molecule is C#C[C@@]1(O)[C@@H]2O[P@](=O)(OCC[C@H](C)C(=O)OC3CCCC3)OC[C@H]2O[C@H]1N1C=CC(=O)NC1=C. The lowest BCUT2D eigenvalue weighted by Crippen LogP contribution is -2.55. The van der Waals surface area contributed by atoms with Crippen molar-refractivity contribution in [3.05, 3.63) is 24.7 Å². The molecule has 1 aliphatic carbocycles. The maximum Gasteiger partial charge on any atom is 0.475 e. The van der Waals surface area contributed by atoms with Gasteiger partial charge in [0.2, 0.25) is 0 Å². The zero-order chi connectivity index (χ0) is 24.5. The zero-order valence-electron chi connectivity index (χ0n) is 18.9. The van der Waals surface area contributed by atoms with Gasteiger partial charge >= 0.3 is 13.8 Å². The third-order valence-electron chi connectivity index (χ3n) is 6.33. The Balaban J connectivity index is 1.35. The maximum absolute atomic E-state index is 13.1. The Kier molecular flexibility index (Phi) is 7.20. The molecule has 0 radical (unpaired) electrons. The predicted molar refractivity (Wildman–Crippen MR) is 117 cm³/mol. The van der Waals surface area contributed by atoms with Crippen molar-refractivity contribution in [2.75, 3.05) is 13.2 Å². The largest absolute Gasteiger partial charge is 0.475 e. The first-order valence-corrected chi connectivity index (χ1v) is 12.7. The highest BCUT2D eigenvalue weighted by Crippen LogP contribution is 2.58. The van der Waals surface area contributed by atoms with Crippen LogP contribution in [0.25, 0.3) is 0 Å². The minimum Gasteiger partial charge on any atom is -0.462 e. The van der Waals surface area contributed by atoms with Crippen molar-refractivity contribution < 1.29 is 42.3 Å². The Morgan fingerprint density at radius 3 is 2.91 bits per heavy atom. The molecule has 3 heterocycles. The lowest BCUT2D eigenvalue weighted by Gasteiger charge is -2.37. The summed E-state index contributed by atoms with van der Waals surface area (Å²) in [5.41, 5.74) is -2.05. The first-order chi connectivity index (χ1) is 16.1. The Labute approximate surface area is 198 Å². The molecule has 11 nitrogen and oxygen atoms in total. The van der Waals surface area contributed by atoms with Crippen LogP contribution < -0.4 is 5.32 Å². The van der Waals surface area contributed by atoms with Crippen LogP contribution in [-0.2, 0) is 37.2 Å². The highest BCUT2D eigenvalue weighted by molar-refractivity contribution is 7.48. The van der Waals surface area contributed by atoms with Crippen molar-refractivity contribution >= 4 is 19.7 Å². The third-order valence-corrected chi connectivity index (χ3v) is 7.78. The number of phosphoric acid groups is 1. The monoisotopic (exact) mass is 496 g/mol. The van der Waals surface area contributed by atoms with Gasteiger partial charge in [0.25, 0.3) is 5.91 Å². The first-order valence-electron chi connectivity index (χ1n) is 11.3. The topological polar surface area (TPSA) is 133 Å². The minimum atomic E-state index is -4.10. The van der Waals surface area contributed by atoms with E-state index in [1.807, 2.05) is 0 Å². The molecule has 0 unspecified atom stereocenters. The average molecular weight is 496 g/mol. The van der Waals surface area contributed by atoms with Gasteiger partial charge < -0.3 is 24.8 Å². The van der Waals surface area contributed by atoms with Gasteiger partial charge in [-0.3, -0.25) is 23.2 Å². The van der Waals surface area contributed by atoms with Crippen LogP contribution in [-0.4, -0.2) is 65.2 Å². The van der Waals surface area contributed by atoms with Gasteiger partial charge in [0.15, 0.2) is 11.8 Å². The number of phosphoric ester groups is 1. The van der Waals surface area contributed by atoms with Crippen molar-refractivity contribution in [1.82, 2.24) is 10.2 Å². The van der Waals surface area contributed by atoms with E-state index in [2.05, 4.69) is 17.8 Å². The van der Waals surface area contributed by atoms with Crippen molar-refractivity contribution in [2.24, 2.45) is 5.92 Å². The molecule has 2 N–H and O–H groups in total. The fraction of sp³-hybridized carbons (Fsp3) is 0.636. The van der Waals surface area contributed by atoms with E-state index in [1.165, 1.54) is 17.2 Å². The molecule has 1 saturated carbocycles. The molecule has 34 heavy (non-hydrogen) atoms. The molecule has 4 rings (SSSR count). The number of amides is 1. The molecule has 0 bridgehead atoms. The average Bonchev–Trinajstić information content (AvgIpc) is 3.40. The van der Waals surface area contributed by atoms with E-state index in [9.17, 15) is 19.3 Å². The summed E-state index contributed by atoms with van der Waals surface area (Å²) in [6.07, 6.45) is 9.03. The van der Waals surface area contributed by atoms with Crippen LogP contribution in [0.3, 0.4) is 0 Å². The fourth-order valence-electron chi connectivity index (χ4n) is 4.32. The van der Waals surface area contributed by atoms with Crippen LogP contribution >= 0.6 is 7.82 Å². The second-order valence-corrected chi connectivity index (χ2v) is 10.4. The van der Waals surface area contributed by atoms with E-state index in [0.717, 1.165) is 25.7 Å². The molecule has 4 aliphatic rings. The van der Waals surface area contributed by atoms with Crippen LogP contribution in [0.2, 0.25) is 0 Å². The number of ether oxygens (including phenoxy) is 2. The molecule has 186 valence electrons. The molecule has 0 spiro atoms. The van der Waals surface area contributed by atoms with Crippen LogP contribution in [0.5, 0.6) is 0 Å². The number of hydrogen-bond acceptors (Lipinski definition) is 10. The zero-order valence-corrected chi connectivity index (χ0v) is 19.8. The van der Waals surface area contributed by atoms with E-state index in [1.54, 1.807) is 6.92 Å². The van der Waals surface area contributed by atoms with Gasteiger partial charge in [-0.1, -0.05) is 19.4 Å². The standard InChI is InChI=1S/C22H29N2O9P/c1-4-22(27)19-17(32-21(22)24-11-9-18(25)23-15(24)3)13-30-34(28,33-19)29-12-10-14(2)20(26)31-16-7-5-6-8-16/h1,9,11,14,16-17,19,21,27H,3,5-8,10,12-13H2,2H3,(H,23,25)/t14-,17+,19+,21+,22+,34+/m0/s1. The summed E-state index contributed by atoms with van der Waals surface area (Å²) < 4.78 is 40.6. The summed E-state index contributed by atoms with van der Waals surface area (Å²) in [6.45, 7) is 5.14. The molecule has 0 aromatic heterocycles. The highest BCUT2D eigenvalue weighted by Gasteiger charge is 2.63. The van der Waals surface area contributed by atoms with E-state index in [0.29, 0.717) is 0 Å². The number of rotatable bonds is 7. The molecule has 1 amide bonds. The molecule has 2 saturated heterocycles. The minimum absolute atomic E-state index is 0.0351. The van der Waals surface area contributed by atoms with E-state index < -0.39 is 37.8 Å². The Hall–Kier alpha value is -2.19. The maximum atomic E-state index is 13.1. The van der Waals surface area contributed by atoms with Crippen molar-refractivity contribution in [2.45, 2.75) is 69.2 Å². The summed E-state index contributed by atoms with van der Waals surface area (Å²) in [6, 6.07) is 0. The number of carbonyl (C=O) groups is 2. The number of carbonyl (C=O) groups excluding carboxylic acids is 2. The molecular weight excluding hydrogens is 467 g/mol. The first kappa shape index (κ1) is 24.9. The van der Waals surface area contributed by atoms with Crippen molar-refractivity contribution in [1.29, 1.82) is 0 Å². The number of fused-ring (bicyclic) bond motifs is 1. The van der Waals surface area contributed by atoms with Gasteiger partial charge in [0.1, 0.15) is 24.1 Å². The van der Waals surface area contributed by atoms with Gasteiger partial charge in [-0.25, -0.2) is 4.57 Å². The molecule has 3 aliphatic heterocycles. The van der Waals surface area contributed by atoms with Gasteiger partial charge in [0, 0.05) is 12.3 Å². The fourth-order valence-corrected chi connectivity index (χ4v) is 5.75. The van der Waals surface area contributed by atoms with Gasteiger partial charge in [-0.05, 0) is 32.1 Å². The van der Waals surface area contributed by atoms with Crippen molar-refractivity contribution in [3.8, 4) is 12.3 Å². The van der Waals surface area contributed by atoms with Crippen LogP contribution in [0, 0.1) is 18.3 Å². The molecule has 3 fully saturated rings. The number of nitrogens with zero attached hydrogens (tertiary/aromatic N) is 1. The Morgan fingerprint density at radius 1 is 1.50 bits per heavy atom. The number of terminal acetylenes is 1. The van der Waals surface area contributed by atoms with Gasteiger partial charge in [0.05, 0.1) is 19.1 Å². The predicted octanol–water partition coefficient (Wildman–Crippen LogP) is 1.54. The molecule has 6 atom stereocenters. The number of nitrogens with one attached hydrogen (secondary N) is 1. The smallest absolute Gasteiger partial charge is 0.462 e. The van der Waals surface area contributed by atoms with Gasteiger partial charge in [-0.15, -0.1) is 6.42 Å². The number of esters is 1. The van der Waals surface area contributed by atoms with Gasteiger partial charge in [-0.2, -0.15) is 0 Å². The van der Waals surface area contributed by atoms with E-state index in [-0.39, 0.29) is 43.4 Å². The second-order valence-electron chi connectivity index (χ2n) is 8.79. The van der Waals surface area contributed by atoms with Crippen molar-refractivity contribution in [3.63, 3.8) is 0 Å². The summed E-state index contributed by atoms with van der Waals surface area (Å²) in [7, 11) is -4.10. The Bertz CT molecular complexity index is 957. The van der Waals surface area contributed by atoms with E-state index >= 15 is 0 Å². The number of aliphatic hydroxyl groups is 1. The lowest BCUT2D eigenvalue weighted by molar-refractivity contribution is -0.153. The highest BCUT2D eigenvalue weighted by atomic mass is 31.2. The van der Waals surface area contributed by atoms with Crippen LogP contribution in [0.1, 0.15) is 39.0 Å². The van der Waals surface area contributed by atoms with E-state index in [4.69, 9.17) is 29.5 Å². The summed E-state index contributed by atoms with van der Waals surface area (Å²) in [4.78, 5) is 25.1. The second kappa shape index (κ2) is 9.82. The normalized spacial score (nSPS) is 36.6. The molecular formula is C22H29N2O9P. The van der Waals surface area contributed by atoms with Crippen LogP contribution in [0.4, 0.5) is 0 Å². The van der Waals surface area contributed by atoms with Crippen LogP contribution in [0.15, 0.2) is 24.7 Å². The molecule has 0 aromatic carbocycles. The lowest BCUT2D eigenvalue weighted by atomic mass is 9.94. The summed E-state index contributed by atoms with van der Waals surface area (Å²) in [5.74, 6) is 1.23. The summed E-state index contributed by atoms with van der Waals surface area (Å²) >= 11 is 0. The summed E-state index contributed by atoms with van der Waals surface area (Å²) in [5, 5.41) is 13.7. The molecule has 12 heteroatoms.